The Morgan fingerprint density at radius 3 is 2.79 bits per heavy atom. The van der Waals surface area contributed by atoms with Gasteiger partial charge in [-0.2, -0.15) is 13.2 Å². The first-order valence-corrected chi connectivity index (χ1v) is 9.47. The van der Waals surface area contributed by atoms with Crippen LogP contribution in [0, 0.1) is 0 Å². The van der Waals surface area contributed by atoms with E-state index in [0.29, 0.717) is 17.2 Å². The number of ether oxygens (including phenoxy) is 2. The Morgan fingerprint density at radius 2 is 2.03 bits per heavy atom. The molecule has 152 valence electrons. The molecule has 3 aromatic rings. The molecular formula is C17H12ClF3N4O3S. The third kappa shape index (κ3) is 3.92. The third-order valence-electron chi connectivity index (χ3n) is 4.05. The van der Waals surface area contributed by atoms with Crippen molar-refractivity contribution in [3.8, 4) is 11.5 Å². The Labute approximate surface area is 171 Å². The van der Waals surface area contributed by atoms with E-state index in [-0.39, 0.29) is 28.5 Å². The standard InChI is InChI=1S/C17H12ClF3N4O3S/c1-8(15(26)22-10-2-3-12-13(5-10)28-7-27-12)29-16-24-23-14-11(18)4-9(6-25(14)16)17(19,20)21/h2-6,8H,7H2,1H3,(H,22,26)/t8-/m1/s1. The highest BCUT2D eigenvalue weighted by molar-refractivity contribution is 8.00. The van der Waals surface area contributed by atoms with Crippen molar-refractivity contribution in [3.63, 3.8) is 0 Å². The maximum atomic E-state index is 13.1. The molecule has 1 amide bonds. The third-order valence-corrected chi connectivity index (χ3v) is 5.38. The minimum absolute atomic E-state index is 0.0746. The van der Waals surface area contributed by atoms with Crippen LogP contribution in [0.2, 0.25) is 5.02 Å². The van der Waals surface area contributed by atoms with Gasteiger partial charge in [0.15, 0.2) is 22.3 Å². The van der Waals surface area contributed by atoms with E-state index in [4.69, 9.17) is 21.1 Å². The Balaban J connectivity index is 1.53. The van der Waals surface area contributed by atoms with Crippen molar-refractivity contribution in [3.05, 3.63) is 41.0 Å². The maximum absolute atomic E-state index is 13.1. The van der Waals surface area contributed by atoms with Crippen molar-refractivity contribution in [1.82, 2.24) is 14.6 Å². The van der Waals surface area contributed by atoms with Crippen LogP contribution < -0.4 is 14.8 Å². The van der Waals surface area contributed by atoms with Crippen LogP contribution in [0.25, 0.3) is 5.65 Å². The normalized spacial score (nSPS) is 14.2. The lowest BCUT2D eigenvalue weighted by Gasteiger charge is -2.12. The minimum Gasteiger partial charge on any atom is -0.454 e. The van der Waals surface area contributed by atoms with E-state index in [2.05, 4.69) is 15.5 Å². The highest BCUT2D eigenvalue weighted by atomic mass is 35.5. The number of anilines is 1. The van der Waals surface area contributed by atoms with Crippen molar-refractivity contribution in [2.45, 2.75) is 23.5 Å². The summed E-state index contributed by atoms with van der Waals surface area (Å²) in [5, 5.41) is 9.64. The molecule has 0 spiro atoms. The van der Waals surface area contributed by atoms with E-state index in [1.54, 1.807) is 25.1 Å². The molecule has 0 radical (unpaired) electrons. The van der Waals surface area contributed by atoms with Crippen LogP contribution in [0.5, 0.6) is 11.5 Å². The first-order chi connectivity index (χ1) is 13.7. The van der Waals surface area contributed by atoms with E-state index in [9.17, 15) is 18.0 Å². The number of benzene rings is 1. The van der Waals surface area contributed by atoms with Crippen LogP contribution in [-0.4, -0.2) is 32.5 Å². The van der Waals surface area contributed by atoms with Gasteiger partial charge in [0.1, 0.15) is 0 Å². The van der Waals surface area contributed by atoms with Gasteiger partial charge in [-0.3, -0.25) is 9.20 Å². The quantitative estimate of drug-likeness (QED) is 0.606. The first-order valence-electron chi connectivity index (χ1n) is 8.21. The largest absolute Gasteiger partial charge is 0.454 e. The van der Waals surface area contributed by atoms with Gasteiger partial charge >= 0.3 is 6.18 Å². The number of aromatic nitrogens is 3. The molecule has 3 heterocycles. The fourth-order valence-corrected chi connectivity index (χ4v) is 3.67. The molecule has 0 unspecified atom stereocenters. The summed E-state index contributed by atoms with van der Waals surface area (Å²) in [5.74, 6) is 0.724. The van der Waals surface area contributed by atoms with Crippen LogP contribution in [0.3, 0.4) is 0 Å². The summed E-state index contributed by atoms with van der Waals surface area (Å²) in [6.07, 6.45) is -3.72. The molecule has 0 fully saturated rings. The van der Waals surface area contributed by atoms with Crippen LogP contribution >= 0.6 is 23.4 Å². The number of carbonyl (C=O) groups excluding carboxylic acids is 1. The Bertz CT molecular complexity index is 1110. The molecule has 0 saturated heterocycles. The van der Waals surface area contributed by atoms with Crippen molar-refractivity contribution in [2.75, 3.05) is 12.1 Å². The van der Waals surface area contributed by atoms with Crippen LogP contribution in [-0.2, 0) is 11.0 Å². The zero-order chi connectivity index (χ0) is 20.8. The second-order valence-electron chi connectivity index (χ2n) is 6.07. The zero-order valence-corrected chi connectivity index (χ0v) is 16.2. The van der Waals surface area contributed by atoms with Gasteiger partial charge in [0.25, 0.3) is 0 Å². The van der Waals surface area contributed by atoms with Crippen molar-refractivity contribution in [1.29, 1.82) is 0 Å². The highest BCUT2D eigenvalue weighted by Gasteiger charge is 2.32. The number of hydrogen-bond donors (Lipinski definition) is 1. The summed E-state index contributed by atoms with van der Waals surface area (Å²) in [7, 11) is 0. The van der Waals surface area contributed by atoms with E-state index in [1.807, 2.05) is 0 Å². The predicted molar refractivity (Wildman–Crippen MR) is 99.5 cm³/mol. The lowest BCUT2D eigenvalue weighted by molar-refractivity contribution is -0.137. The number of carbonyl (C=O) groups is 1. The van der Waals surface area contributed by atoms with Crippen molar-refractivity contribution in [2.24, 2.45) is 0 Å². The maximum Gasteiger partial charge on any atom is 0.417 e. The number of thioether (sulfide) groups is 1. The van der Waals surface area contributed by atoms with E-state index >= 15 is 0 Å². The smallest absolute Gasteiger partial charge is 0.417 e. The number of rotatable bonds is 4. The molecule has 0 bridgehead atoms. The summed E-state index contributed by atoms with van der Waals surface area (Å²) >= 11 is 6.86. The van der Waals surface area contributed by atoms with Gasteiger partial charge in [-0.05, 0) is 25.1 Å². The number of pyridine rings is 1. The Kier molecular flexibility index (Phi) is 4.95. The molecule has 1 aliphatic heterocycles. The zero-order valence-electron chi connectivity index (χ0n) is 14.7. The minimum atomic E-state index is -4.58. The summed E-state index contributed by atoms with van der Waals surface area (Å²) in [4.78, 5) is 12.5. The number of nitrogens with zero attached hydrogens (tertiary/aromatic N) is 3. The Morgan fingerprint density at radius 1 is 1.28 bits per heavy atom. The predicted octanol–water partition coefficient (Wildman–Crippen LogP) is 4.25. The molecule has 0 saturated carbocycles. The van der Waals surface area contributed by atoms with Crippen LogP contribution in [0.4, 0.5) is 18.9 Å². The SMILES string of the molecule is C[C@@H](Sc1nnc2c(Cl)cc(C(F)(F)F)cn12)C(=O)Nc1ccc2c(c1)OCO2. The molecule has 7 nitrogen and oxygen atoms in total. The Hall–Kier alpha value is -2.66. The monoisotopic (exact) mass is 444 g/mol. The molecule has 29 heavy (non-hydrogen) atoms. The molecule has 1 N–H and O–H groups in total. The number of nitrogens with one attached hydrogen (secondary N) is 1. The summed E-state index contributed by atoms with van der Waals surface area (Å²) in [6.45, 7) is 1.71. The number of hydrogen-bond acceptors (Lipinski definition) is 6. The van der Waals surface area contributed by atoms with Gasteiger partial charge in [-0.1, -0.05) is 23.4 Å². The number of fused-ring (bicyclic) bond motifs is 2. The fraction of sp³-hybridized carbons (Fsp3) is 0.235. The van der Waals surface area contributed by atoms with Gasteiger partial charge in [0.05, 0.1) is 15.8 Å². The van der Waals surface area contributed by atoms with Gasteiger partial charge in [-0.15, -0.1) is 10.2 Å². The topological polar surface area (TPSA) is 77.8 Å². The molecule has 1 aliphatic rings. The number of alkyl halides is 3. The first kappa shape index (κ1) is 19.6. The van der Waals surface area contributed by atoms with Crippen molar-refractivity contribution >= 4 is 40.6 Å². The molecule has 4 rings (SSSR count). The van der Waals surface area contributed by atoms with Gasteiger partial charge in [-0.25, -0.2) is 0 Å². The molecule has 1 atom stereocenters. The summed E-state index contributed by atoms with van der Waals surface area (Å²) in [6, 6.07) is 5.74. The van der Waals surface area contributed by atoms with E-state index < -0.39 is 17.0 Å². The van der Waals surface area contributed by atoms with Gasteiger partial charge < -0.3 is 14.8 Å². The highest BCUT2D eigenvalue weighted by Crippen LogP contribution is 2.35. The fourth-order valence-electron chi connectivity index (χ4n) is 2.60. The van der Waals surface area contributed by atoms with Crippen LogP contribution in [0.15, 0.2) is 35.6 Å². The number of halogens is 4. The molecule has 2 aromatic heterocycles. The van der Waals surface area contributed by atoms with Gasteiger partial charge in [0.2, 0.25) is 12.7 Å². The molecular weight excluding hydrogens is 433 g/mol. The molecule has 1 aromatic carbocycles. The average Bonchev–Trinajstić information content (AvgIpc) is 3.28. The van der Waals surface area contributed by atoms with Crippen LogP contribution in [0.1, 0.15) is 12.5 Å². The van der Waals surface area contributed by atoms with Gasteiger partial charge in [0, 0.05) is 18.0 Å². The average molecular weight is 445 g/mol. The van der Waals surface area contributed by atoms with Crippen molar-refractivity contribution < 1.29 is 27.4 Å². The molecule has 0 aliphatic carbocycles. The second-order valence-corrected chi connectivity index (χ2v) is 7.78. The van der Waals surface area contributed by atoms with E-state index in [0.717, 1.165) is 28.4 Å². The summed E-state index contributed by atoms with van der Waals surface area (Å²) in [5.41, 5.74) is -0.361. The lowest BCUT2D eigenvalue weighted by atomic mass is 10.2. The lowest BCUT2D eigenvalue weighted by Crippen LogP contribution is -2.22. The summed E-state index contributed by atoms with van der Waals surface area (Å²) < 4.78 is 50.8. The molecule has 12 heteroatoms. The van der Waals surface area contributed by atoms with E-state index in [1.165, 1.54) is 0 Å². The number of amides is 1. The second kappa shape index (κ2) is 7.30.